The Morgan fingerprint density at radius 3 is 2.48 bits per heavy atom. The molecule has 5 heteroatoms. The summed E-state index contributed by atoms with van der Waals surface area (Å²) in [6.45, 7) is 5.44. The van der Waals surface area contributed by atoms with Crippen LogP contribution in [-0.2, 0) is 9.59 Å². The number of carbonyl (C=O) groups excluding carboxylic acids is 2. The van der Waals surface area contributed by atoms with Gasteiger partial charge in [-0.15, -0.1) is 11.8 Å². The fourth-order valence-corrected chi connectivity index (χ4v) is 4.28. The van der Waals surface area contributed by atoms with Gasteiger partial charge in [0.05, 0.1) is 5.75 Å². The van der Waals surface area contributed by atoms with Crippen LogP contribution in [0.5, 0.6) is 0 Å². The van der Waals surface area contributed by atoms with Gasteiger partial charge in [-0.1, -0.05) is 35.9 Å². The lowest BCUT2D eigenvalue weighted by molar-refractivity contribution is -0.132. The zero-order chi connectivity index (χ0) is 19.2. The van der Waals surface area contributed by atoms with E-state index in [0.29, 0.717) is 18.8 Å². The first kappa shape index (κ1) is 19.5. The van der Waals surface area contributed by atoms with Crippen molar-refractivity contribution in [2.45, 2.75) is 31.6 Å². The Hall–Kier alpha value is -2.27. The molecule has 2 aromatic rings. The number of thioether (sulfide) groups is 1. The Bertz CT molecular complexity index is 799. The van der Waals surface area contributed by atoms with E-state index in [1.54, 1.807) is 11.8 Å². The van der Waals surface area contributed by atoms with Crippen LogP contribution in [0.25, 0.3) is 0 Å². The fourth-order valence-electron chi connectivity index (χ4n) is 3.25. The van der Waals surface area contributed by atoms with Crippen molar-refractivity contribution in [1.82, 2.24) is 4.90 Å². The van der Waals surface area contributed by atoms with Crippen molar-refractivity contribution < 1.29 is 9.59 Å². The Morgan fingerprint density at radius 1 is 1.07 bits per heavy atom. The van der Waals surface area contributed by atoms with Crippen LogP contribution < -0.4 is 5.32 Å². The Balaban J connectivity index is 1.46. The lowest BCUT2D eigenvalue weighted by atomic mass is 9.96. The van der Waals surface area contributed by atoms with E-state index in [-0.39, 0.29) is 17.7 Å². The molecule has 0 unspecified atom stereocenters. The Kier molecular flexibility index (Phi) is 6.56. The number of benzene rings is 2. The van der Waals surface area contributed by atoms with Crippen LogP contribution in [0.3, 0.4) is 0 Å². The molecular formula is C22H26N2O2S. The topological polar surface area (TPSA) is 49.4 Å². The minimum atomic E-state index is -0.0269. The summed E-state index contributed by atoms with van der Waals surface area (Å²) < 4.78 is 0. The number of nitrogens with one attached hydrogen (secondary N) is 1. The molecule has 1 saturated heterocycles. The van der Waals surface area contributed by atoms with E-state index in [0.717, 1.165) is 18.5 Å². The highest BCUT2D eigenvalue weighted by Crippen LogP contribution is 2.25. The monoisotopic (exact) mass is 382 g/mol. The quantitative estimate of drug-likeness (QED) is 0.786. The molecule has 0 aromatic heterocycles. The molecule has 1 N–H and O–H groups in total. The van der Waals surface area contributed by atoms with Gasteiger partial charge in [0.15, 0.2) is 0 Å². The fraction of sp³-hybridized carbons (Fsp3) is 0.364. The number of piperidine rings is 1. The molecular weight excluding hydrogens is 356 g/mol. The maximum Gasteiger partial charge on any atom is 0.232 e. The zero-order valence-electron chi connectivity index (χ0n) is 15.9. The molecule has 2 amide bonds. The Labute approximate surface area is 165 Å². The van der Waals surface area contributed by atoms with Crippen LogP contribution in [0.2, 0.25) is 0 Å². The molecule has 0 atom stereocenters. The second kappa shape index (κ2) is 9.09. The third kappa shape index (κ3) is 5.36. The number of carbonyl (C=O) groups is 2. The number of hydrogen-bond donors (Lipinski definition) is 1. The van der Waals surface area contributed by atoms with Crippen LogP contribution in [0.1, 0.15) is 24.0 Å². The van der Waals surface area contributed by atoms with Crippen molar-refractivity contribution in [1.29, 1.82) is 0 Å². The van der Waals surface area contributed by atoms with Crippen LogP contribution in [-0.4, -0.2) is 35.6 Å². The van der Waals surface area contributed by atoms with Crippen LogP contribution in [0, 0.1) is 19.8 Å². The largest absolute Gasteiger partial charge is 0.342 e. The number of aryl methyl sites for hydroxylation is 2. The second-order valence-corrected chi connectivity index (χ2v) is 8.09. The maximum atomic E-state index is 12.5. The summed E-state index contributed by atoms with van der Waals surface area (Å²) in [6, 6.07) is 15.8. The number of likely N-dealkylation sites (tertiary alicyclic amines) is 1. The lowest BCUT2D eigenvalue weighted by Crippen LogP contribution is -2.42. The SMILES string of the molecule is Cc1ccc(C)c(SCC(=O)N2CCC(C(=O)Nc3ccccc3)CC2)c1. The number of nitrogens with zero attached hydrogens (tertiary/aromatic N) is 1. The summed E-state index contributed by atoms with van der Waals surface area (Å²) in [5, 5.41) is 2.97. The number of hydrogen-bond acceptors (Lipinski definition) is 3. The molecule has 3 rings (SSSR count). The van der Waals surface area contributed by atoms with E-state index in [1.165, 1.54) is 16.0 Å². The molecule has 142 valence electrons. The van der Waals surface area contributed by atoms with Crippen LogP contribution >= 0.6 is 11.8 Å². The molecule has 1 aliphatic heterocycles. The standard InChI is InChI=1S/C22H26N2O2S/c1-16-8-9-17(2)20(14-16)27-15-21(25)24-12-10-18(11-13-24)22(26)23-19-6-4-3-5-7-19/h3-9,14,18H,10-13,15H2,1-2H3,(H,23,26). The summed E-state index contributed by atoms with van der Waals surface area (Å²) in [7, 11) is 0. The van der Waals surface area contributed by atoms with E-state index in [2.05, 4.69) is 37.4 Å². The third-order valence-electron chi connectivity index (χ3n) is 4.95. The smallest absolute Gasteiger partial charge is 0.232 e. The van der Waals surface area contributed by atoms with E-state index in [9.17, 15) is 9.59 Å². The molecule has 0 radical (unpaired) electrons. The third-order valence-corrected chi connectivity index (χ3v) is 6.10. The van der Waals surface area contributed by atoms with Gasteiger partial charge in [-0.25, -0.2) is 0 Å². The van der Waals surface area contributed by atoms with E-state index < -0.39 is 0 Å². The molecule has 0 aliphatic carbocycles. The van der Waals surface area contributed by atoms with Crippen molar-refractivity contribution in [3.8, 4) is 0 Å². The van der Waals surface area contributed by atoms with Crippen molar-refractivity contribution in [2.24, 2.45) is 5.92 Å². The van der Waals surface area contributed by atoms with Crippen molar-refractivity contribution >= 4 is 29.3 Å². The van der Waals surface area contributed by atoms with Crippen LogP contribution in [0.4, 0.5) is 5.69 Å². The van der Waals surface area contributed by atoms with Crippen molar-refractivity contribution in [3.05, 3.63) is 59.7 Å². The average molecular weight is 383 g/mol. The van der Waals surface area contributed by atoms with Crippen molar-refractivity contribution in [2.75, 3.05) is 24.2 Å². The number of anilines is 1. The number of rotatable bonds is 5. The van der Waals surface area contributed by atoms with Crippen LogP contribution in [0.15, 0.2) is 53.4 Å². The highest BCUT2D eigenvalue weighted by molar-refractivity contribution is 8.00. The molecule has 0 saturated carbocycles. The van der Waals surface area contributed by atoms with Gasteiger partial charge in [-0.2, -0.15) is 0 Å². The van der Waals surface area contributed by atoms with Gasteiger partial charge in [0.2, 0.25) is 11.8 Å². The summed E-state index contributed by atoms with van der Waals surface area (Å²) in [4.78, 5) is 28.0. The van der Waals surface area contributed by atoms with Gasteiger partial charge in [0.1, 0.15) is 0 Å². The molecule has 2 aromatic carbocycles. The number of amides is 2. The normalized spacial score (nSPS) is 14.8. The molecule has 0 spiro atoms. The zero-order valence-corrected chi connectivity index (χ0v) is 16.7. The summed E-state index contributed by atoms with van der Waals surface area (Å²) >= 11 is 1.60. The molecule has 1 heterocycles. The molecule has 4 nitrogen and oxygen atoms in total. The first-order valence-electron chi connectivity index (χ1n) is 9.36. The predicted molar refractivity (Wildman–Crippen MR) is 111 cm³/mol. The van der Waals surface area contributed by atoms with Gasteiger partial charge in [0.25, 0.3) is 0 Å². The number of para-hydroxylation sites is 1. The minimum absolute atomic E-state index is 0.0269. The van der Waals surface area contributed by atoms with Gasteiger partial charge in [-0.3, -0.25) is 9.59 Å². The summed E-state index contributed by atoms with van der Waals surface area (Å²) in [6.07, 6.45) is 1.44. The van der Waals surface area contributed by atoms with E-state index in [4.69, 9.17) is 0 Å². The predicted octanol–water partition coefficient (Wildman–Crippen LogP) is 4.27. The minimum Gasteiger partial charge on any atom is -0.342 e. The maximum absolute atomic E-state index is 12.5. The molecule has 1 fully saturated rings. The summed E-state index contributed by atoms with van der Waals surface area (Å²) in [5.74, 6) is 0.632. The van der Waals surface area contributed by atoms with Gasteiger partial charge in [0, 0.05) is 29.6 Å². The van der Waals surface area contributed by atoms with E-state index in [1.807, 2.05) is 35.2 Å². The molecule has 1 aliphatic rings. The van der Waals surface area contributed by atoms with Gasteiger partial charge in [-0.05, 0) is 50.5 Å². The summed E-state index contributed by atoms with van der Waals surface area (Å²) in [5.41, 5.74) is 3.24. The highest BCUT2D eigenvalue weighted by atomic mass is 32.2. The van der Waals surface area contributed by atoms with Gasteiger partial charge < -0.3 is 10.2 Å². The van der Waals surface area contributed by atoms with E-state index >= 15 is 0 Å². The highest BCUT2D eigenvalue weighted by Gasteiger charge is 2.27. The molecule has 0 bridgehead atoms. The average Bonchev–Trinajstić information content (AvgIpc) is 2.69. The first-order chi connectivity index (χ1) is 13.0. The molecule has 27 heavy (non-hydrogen) atoms. The first-order valence-corrected chi connectivity index (χ1v) is 10.4. The Morgan fingerprint density at radius 2 is 1.78 bits per heavy atom. The van der Waals surface area contributed by atoms with Crippen molar-refractivity contribution in [3.63, 3.8) is 0 Å². The van der Waals surface area contributed by atoms with Gasteiger partial charge >= 0.3 is 0 Å². The second-order valence-electron chi connectivity index (χ2n) is 7.07. The lowest BCUT2D eigenvalue weighted by Gasteiger charge is -2.31.